The van der Waals surface area contributed by atoms with Gasteiger partial charge in [-0.2, -0.15) is 0 Å². The number of benzene rings is 1. The van der Waals surface area contributed by atoms with E-state index in [0.717, 1.165) is 10.2 Å². The van der Waals surface area contributed by atoms with E-state index in [-0.39, 0.29) is 22.9 Å². The van der Waals surface area contributed by atoms with Crippen LogP contribution in [0, 0.1) is 0 Å². The SMILES string of the molecule is CC(=O)SC1CC(=O)N(c2ccc(Br)cc2CO)C1. The van der Waals surface area contributed by atoms with Crippen LogP contribution in [-0.4, -0.2) is 27.9 Å². The Kier molecular flexibility index (Phi) is 4.65. The lowest BCUT2D eigenvalue weighted by Crippen LogP contribution is -2.26. The summed E-state index contributed by atoms with van der Waals surface area (Å²) in [7, 11) is 0. The van der Waals surface area contributed by atoms with E-state index in [1.807, 2.05) is 12.1 Å². The first kappa shape index (κ1) is 14.6. The summed E-state index contributed by atoms with van der Waals surface area (Å²) in [4.78, 5) is 24.8. The summed E-state index contributed by atoms with van der Waals surface area (Å²) in [5.41, 5.74) is 1.43. The molecule has 102 valence electrons. The van der Waals surface area contributed by atoms with Gasteiger partial charge in [-0.25, -0.2) is 0 Å². The van der Waals surface area contributed by atoms with Crippen molar-refractivity contribution in [3.05, 3.63) is 28.2 Å². The summed E-state index contributed by atoms with van der Waals surface area (Å²) in [5, 5.41) is 9.41. The molecule has 4 nitrogen and oxygen atoms in total. The molecule has 1 fully saturated rings. The van der Waals surface area contributed by atoms with Crippen molar-refractivity contribution in [1.29, 1.82) is 0 Å². The number of hydrogen-bond acceptors (Lipinski definition) is 4. The maximum atomic E-state index is 12.0. The molecule has 1 aromatic carbocycles. The van der Waals surface area contributed by atoms with Gasteiger partial charge in [-0.1, -0.05) is 27.7 Å². The number of rotatable bonds is 3. The van der Waals surface area contributed by atoms with Crippen LogP contribution in [0.4, 0.5) is 5.69 Å². The van der Waals surface area contributed by atoms with Crippen LogP contribution in [0.5, 0.6) is 0 Å². The topological polar surface area (TPSA) is 57.6 Å². The number of thioether (sulfide) groups is 1. The fraction of sp³-hybridized carbons (Fsp3) is 0.385. The molecule has 1 aromatic rings. The van der Waals surface area contributed by atoms with Crippen molar-refractivity contribution in [1.82, 2.24) is 0 Å². The zero-order chi connectivity index (χ0) is 14.0. The molecule has 19 heavy (non-hydrogen) atoms. The van der Waals surface area contributed by atoms with Crippen LogP contribution in [-0.2, 0) is 16.2 Å². The Morgan fingerprint density at radius 1 is 1.58 bits per heavy atom. The maximum Gasteiger partial charge on any atom is 0.228 e. The standard InChI is InChI=1S/C13H14BrNO3S/c1-8(17)19-11-5-13(18)15(6-11)12-3-2-10(14)4-9(12)7-16/h2-4,11,16H,5-7H2,1H3. The van der Waals surface area contributed by atoms with Crippen molar-refractivity contribution < 1.29 is 14.7 Å². The lowest BCUT2D eigenvalue weighted by Gasteiger charge is -2.19. The quantitative estimate of drug-likeness (QED) is 0.914. The maximum absolute atomic E-state index is 12.0. The predicted octanol–water partition coefficient (Wildman–Crippen LogP) is 2.33. The minimum absolute atomic E-state index is 0.000176. The number of aliphatic hydroxyl groups excluding tert-OH is 1. The number of hydrogen-bond donors (Lipinski definition) is 1. The van der Waals surface area contributed by atoms with Gasteiger partial charge in [-0.15, -0.1) is 0 Å². The minimum atomic E-state index is -0.122. The number of aliphatic hydroxyl groups is 1. The van der Waals surface area contributed by atoms with E-state index >= 15 is 0 Å². The summed E-state index contributed by atoms with van der Waals surface area (Å²) in [6.07, 6.45) is 0.366. The fourth-order valence-electron chi connectivity index (χ4n) is 2.17. The lowest BCUT2D eigenvalue weighted by molar-refractivity contribution is -0.117. The van der Waals surface area contributed by atoms with Gasteiger partial charge < -0.3 is 10.0 Å². The molecule has 1 unspecified atom stereocenters. The molecule has 2 rings (SSSR count). The summed E-state index contributed by atoms with van der Waals surface area (Å²) >= 11 is 4.55. The first-order chi connectivity index (χ1) is 9.01. The number of carbonyl (C=O) groups excluding carboxylic acids is 2. The minimum Gasteiger partial charge on any atom is -0.392 e. The second kappa shape index (κ2) is 6.07. The molecule has 0 radical (unpaired) electrons. The van der Waals surface area contributed by atoms with Crippen LogP contribution in [0.3, 0.4) is 0 Å². The first-order valence-corrected chi connectivity index (χ1v) is 7.55. The lowest BCUT2D eigenvalue weighted by atomic mass is 10.1. The molecule has 1 atom stereocenters. The van der Waals surface area contributed by atoms with E-state index in [1.165, 1.54) is 18.7 Å². The summed E-state index contributed by atoms with van der Waals surface area (Å²) in [5.74, 6) is -0.00391. The van der Waals surface area contributed by atoms with Crippen LogP contribution in [0.1, 0.15) is 18.9 Å². The van der Waals surface area contributed by atoms with Crippen LogP contribution in [0.2, 0.25) is 0 Å². The summed E-state index contributed by atoms with van der Waals surface area (Å²) in [6.45, 7) is 1.90. The molecule has 0 bridgehead atoms. The Hall–Kier alpha value is -0.850. The Labute approximate surface area is 124 Å². The van der Waals surface area contributed by atoms with Gasteiger partial charge >= 0.3 is 0 Å². The normalized spacial score (nSPS) is 19.0. The highest BCUT2D eigenvalue weighted by atomic mass is 79.9. The molecule has 1 N–H and O–H groups in total. The zero-order valence-corrected chi connectivity index (χ0v) is 12.8. The molecule has 1 amide bonds. The van der Waals surface area contributed by atoms with E-state index < -0.39 is 0 Å². The molecule has 1 heterocycles. The van der Waals surface area contributed by atoms with Gasteiger partial charge in [-0.05, 0) is 18.2 Å². The highest BCUT2D eigenvalue weighted by Crippen LogP contribution is 2.32. The third kappa shape index (κ3) is 3.38. The van der Waals surface area contributed by atoms with Gasteiger partial charge in [0.15, 0.2) is 5.12 Å². The van der Waals surface area contributed by atoms with Crippen molar-refractivity contribution in [2.45, 2.75) is 25.2 Å². The van der Waals surface area contributed by atoms with Gasteiger partial charge in [0.25, 0.3) is 0 Å². The molecule has 0 spiro atoms. The fourth-order valence-corrected chi connectivity index (χ4v) is 3.49. The van der Waals surface area contributed by atoms with Gasteiger partial charge in [0.05, 0.1) is 6.61 Å². The number of anilines is 1. The third-order valence-electron chi connectivity index (χ3n) is 2.92. The van der Waals surface area contributed by atoms with Crippen LogP contribution < -0.4 is 4.90 Å². The van der Waals surface area contributed by atoms with Crippen molar-refractivity contribution >= 4 is 44.4 Å². The highest BCUT2D eigenvalue weighted by molar-refractivity contribution is 9.10. The smallest absolute Gasteiger partial charge is 0.228 e. The number of carbonyl (C=O) groups is 2. The molecule has 1 saturated heterocycles. The number of amides is 1. The van der Waals surface area contributed by atoms with Gasteiger partial charge in [0, 0.05) is 40.9 Å². The average Bonchev–Trinajstić information content (AvgIpc) is 2.69. The van der Waals surface area contributed by atoms with Crippen molar-refractivity contribution in [2.24, 2.45) is 0 Å². The zero-order valence-electron chi connectivity index (χ0n) is 10.4. The molecule has 0 aromatic heterocycles. The Morgan fingerprint density at radius 2 is 2.32 bits per heavy atom. The number of halogens is 1. The molecule has 1 aliphatic heterocycles. The van der Waals surface area contributed by atoms with Crippen molar-refractivity contribution in [2.75, 3.05) is 11.4 Å². The van der Waals surface area contributed by atoms with E-state index in [2.05, 4.69) is 15.9 Å². The number of nitrogens with zero attached hydrogens (tertiary/aromatic N) is 1. The largest absolute Gasteiger partial charge is 0.392 e. The predicted molar refractivity (Wildman–Crippen MR) is 79.1 cm³/mol. The molecular weight excluding hydrogens is 330 g/mol. The van der Waals surface area contributed by atoms with Crippen LogP contribution in [0.25, 0.3) is 0 Å². The Bertz CT molecular complexity index is 521. The Balaban J connectivity index is 2.23. The highest BCUT2D eigenvalue weighted by Gasteiger charge is 2.32. The van der Waals surface area contributed by atoms with E-state index in [9.17, 15) is 14.7 Å². The van der Waals surface area contributed by atoms with E-state index in [1.54, 1.807) is 11.0 Å². The second-order valence-electron chi connectivity index (χ2n) is 4.37. The van der Waals surface area contributed by atoms with Gasteiger partial charge in [0.2, 0.25) is 5.91 Å². The first-order valence-electron chi connectivity index (χ1n) is 5.88. The van der Waals surface area contributed by atoms with E-state index in [0.29, 0.717) is 18.5 Å². The summed E-state index contributed by atoms with van der Waals surface area (Å²) < 4.78 is 0.863. The molecule has 1 aliphatic rings. The van der Waals surface area contributed by atoms with Crippen molar-refractivity contribution in [3.63, 3.8) is 0 Å². The second-order valence-corrected chi connectivity index (χ2v) is 6.76. The molecule has 6 heteroatoms. The van der Waals surface area contributed by atoms with Gasteiger partial charge in [0.1, 0.15) is 0 Å². The average molecular weight is 344 g/mol. The molecule has 0 aliphatic carbocycles. The molecular formula is C13H14BrNO3S. The van der Waals surface area contributed by atoms with Gasteiger partial charge in [-0.3, -0.25) is 9.59 Å². The van der Waals surface area contributed by atoms with Crippen molar-refractivity contribution in [3.8, 4) is 0 Å². The monoisotopic (exact) mass is 343 g/mol. The summed E-state index contributed by atoms with van der Waals surface area (Å²) in [6, 6.07) is 5.45. The third-order valence-corrected chi connectivity index (χ3v) is 4.40. The van der Waals surface area contributed by atoms with Crippen LogP contribution in [0.15, 0.2) is 22.7 Å². The van der Waals surface area contributed by atoms with E-state index in [4.69, 9.17) is 0 Å². The van der Waals surface area contributed by atoms with Crippen LogP contribution >= 0.6 is 27.7 Å². The Morgan fingerprint density at radius 3 is 2.95 bits per heavy atom. The molecule has 0 saturated carbocycles.